The molecule has 1 aromatic carbocycles. The van der Waals surface area contributed by atoms with Gasteiger partial charge < -0.3 is 10.4 Å². The fourth-order valence-electron chi connectivity index (χ4n) is 2.40. The Labute approximate surface area is 153 Å². The number of aromatic nitrogens is 3. The lowest BCUT2D eigenvalue weighted by atomic mass is 10.1. The molecule has 0 aliphatic heterocycles. The van der Waals surface area contributed by atoms with Crippen molar-refractivity contribution in [1.29, 1.82) is 0 Å². The Morgan fingerprint density at radius 3 is 2.52 bits per heavy atom. The van der Waals surface area contributed by atoms with E-state index in [9.17, 15) is 9.90 Å². The lowest BCUT2D eigenvalue weighted by molar-refractivity contribution is 0.0688. The molecule has 0 amide bonds. The van der Waals surface area contributed by atoms with Crippen molar-refractivity contribution in [3.8, 4) is 10.7 Å². The summed E-state index contributed by atoms with van der Waals surface area (Å²) in [5.74, 6) is -0.588. The molecule has 6 nitrogen and oxygen atoms in total. The number of aromatic carboxylic acids is 1. The van der Waals surface area contributed by atoms with Crippen molar-refractivity contribution in [2.24, 2.45) is 0 Å². The van der Waals surface area contributed by atoms with E-state index in [1.165, 1.54) is 23.1 Å². The van der Waals surface area contributed by atoms with Crippen LogP contribution in [-0.2, 0) is 0 Å². The number of anilines is 2. The SMILES string of the molecule is CSc1sc(-c2ccnc(Nc3cc(C)cc(C)c3)n2)nc1C(=O)O. The molecular formula is C17H16N4O2S2. The number of rotatable bonds is 5. The molecule has 2 heterocycles. The summed E-state index contributed by atoms with van der Waals surface area (Å²) in [6.45, 7) is 4.06. The molecule has 0 saturated heterocycles. The van der Waals surface area contributed by atoms with Gasteiger partial charge in [0, 0.05) is 11.9 Å². The summed E-state index contributed by atoms with van der Waals surface area (Å²) in [5.41, 5.74) is 3.86. The first-order valence-corrected chi connectivity index (χ1v) is 9.47. The molecule has 3 aromatic rings. The number of benzene rings is 1. The summed E-state index contributed by atoms with van der Waals surface area (Å²) in [4.78, 5) is 24.2. The van der Waals surface area contributed by atoms with Crippen LogP contribution in [0.25, 0.3) is 10.7 Å². The van der Waals surface area contributed by atoms with Crippen molar-refractivity contribution in [3.63, 3.8) is 0 Å². The average Bonchev–Trinajstić information content (AvgIpc) is 2.99. The van der Waals surface area contributed by atoms with Crippen LogP contribution in [-0.4, -0.2) is 32.3 Å². The van der Waals surface area contributed by atoms with Crippen molar-refractivity contribution >= 4 is 40.7 Å². The smallest absolute Gasteiger partial charge is 0.356 e. The number of carbonyl (C=O) groups is 1. The van der Waals surface area contributed by atoms with E-state index in [1.807, 2.05) is 32.2 Å². The minimum atomic E-state index is -1.03. The number of thiazole rings is 1. The Kier molecular flexibility index (Phi) is 5.00. The van der Waals surface area contributed by atoms with E-state index < -0.39 is 5.97 Å². The first-order valence-electron chi connectivity index (χ1n) is 7.43. The minimum Gasteiger partial charge on any atom is -0.476 e. The van der Waals surface area contributed by atoms with Crippen LogP contribution in [0.1, 0.15) is 21.6 Å². The molecule has 0 bridgehead atoms. The minimum absolute atomic E-state index is 0.0648. The molecule has 0 fully saturated rings. The van der Waals surface area contributed by atoms with Gasteiger partial charge in [0.05, 0.1) is 4.21 Å². The van der Waals surface area contributed by atoms with E-state index in [0.717, 1.165) is 16.8 Å². The Hall–Kier alpha value is -2.45. The quantitative estimate of drug-likeness (QED) is 0.643. The van der Waals surface area contributed by atoms with Crippen LogP contribution in [0.3, 0.4) is 0 Å². The van der Waals surface area contributed by atoms with Gasteiger partial charge in [-0.2, -0.15) is 0 Å². The molecule has 0 radical (unpaired) electrons. The predicted molar refractivity (Wildman–Crippen MR) is 101 cm³/mol. The van der Waals surface area contributed by atoms with E-state index in [2.05, 4.69) is 26.3 Å². The van der Waals surface area contributed by atoms with Crippen molar-refractivity contribution in [2.75, 3.05) is 11.6 Å². The summed E-state index contributed by atoms with van der Waals surface area (Å²) in [6.07, 6.45) is 3.46. The van der Waals surface area contributed by atoms with Crippen LogP contribution < -0.4 is 5.32 Å². The standard InChI is InChI=1S/C17H16N4O2S2/c1-9-6-10(2)8-11(7-9)19-17-18-5-4-12(20-17)14-21-13(15(22)23)16(24-3)25-14/h4-8H,1-3H3,(H,22,23)(H,18,19,20). The summed E-state index contributed by atoms with van der Waals surface area (Å²) in [5, 5.41) is 13.0. The second-order valence-electron chi connectivity index (χ2n) is 5.43. The summed E-state index contributed by atoms with van der Waals surface area (Å²) < 4.78 is 0.657. The predicted octanol–water partition coefficient (Wildman–Crippen LogP) is 4.38. The fraction of sp³-hybridized carbons (Fsp3) is 0.176. The molecule has 0 unspecified atom stereocenters. The van der Waals surface area contributed by atoms with Crippen LogP contribution in [0.15, 0.2) is 34.7 Å². The lowest BCUT2D eigenvalue weighted by Gasteiger charge is -2.07. The number of carboxylic acid groups (broad SMARTS) is 1. The monoisotopic (exact) mass is 372 g/mol. The Morgan fingerprint density at radius 2 is 1.92 bits per heavy atom. The maximum atomic E-state index is 11.3. The third kappa shape index (κ3) is 3.97. The highest BCUT2D eigenvalue weighted by atomic mass is 32.2. The molecule has 8 heteroatoms. The highest BCUT2D eigenvalue weighted by molar-refractivity contribution is 8.00. The second kappa shape index (κ2) is 7.20. The van der Waals surface area contributed by atoms with Gasteiger partial charge in [-0.25, -0.2) is 19.7 Å². The zero-order valence-electron chi connectivity index (χ0n) is 13.9. The van der Waals surface area contributed by atoms with Crippen LogP contribution in [0.2, 0.25) is 0 Å². The van der Waals surface area contributed by atoms with E-state index in [4.69, 9.17) is 0 Å². The van der Waals surface area contributed by atoms with Crippen molar-refractivity contribution in [2.45, 2.75) is 18.1 Å². The molecule has 0 spiro atoms. The molecule has 0 atom stereocenters. The fourth-order valence-corrected chi connectivity index (χ4v) is 4.06. The van der Waals surface area contributed by atoms with Gasteiger partial charge in [0.15, 0.2) is 5.69 Å². The third-order valence-electron chi connectivity index (χ3n) is 3.34. The van der Waals surface area contributed by atoms with Gasteiger partial charge in [0.1, 0.15) is 10.7 Å². The largest absolute Gasteiger partial charge is 0.476 e. The lowest BCUT2D eigenvalue weighted by Crippen LogP contribution is -2.00. The molecule has 0 aliphatic carbocycles. The van der Waals surface area contributed by atoms with Gasteiger partial charge >= 0.3 is 5.97 Å². The molecule has 128 valence electrons. The van der Waals surface area contributed by atoms with Crippen LogP contribution in [0.4, 0.5) is 11.6 Å². The highest BCUT2D eigenvalue weighted by Gasteiger charge is 2.18. The van der Waals surface area contributed by atoms with E-state index in [-0.39, 0.29) is 5.69 Å². The number of thioether (sulfide) groups is 1. The Bertz CT molecular complexity index is 920. The van der Waals surface area contributed by atoms with Gasteiger partial charge in [-0.05, 0) is 49.4 Å². The molecule has 0 aliphatic rings. The maximum absolute atomic E-state index is 11.3. The van der Waals surface area contributed by atoms with Crippen LogP contribution >= 0.6 is 23.1 Å². The summed E-state index contributed by atoms with van der Waals surface area (Å²) >= 11 is 2.68. The van der Waals surface area contributed by atoms with Gasteiger partial charge in [0.2, 0.25) is 5.95 Å². The van der Waals surface area contributed by atoms with Gasteiger partial charge in [-0.1, -0.05) is 6.07 Å². The molecule has 2 aromatic heterocycles. The number of nitrogens with zero attached hydrogens (tertiary/aromatic N) is 3. The Morgan fingerprint density at radius 1 is 1.20 bits per heavy atom. The second-order valence-corrected chi connectivity index (χ2v) is 7.51. The zero-order chi connectivity index (χ0) is 18.0. The summed E-state index contributed by atoms with van der Waals surface area (Å²) in [6, 6.07) is 7.85. The summed E-state index contributed by atoms with van der Waals surface area (Å²) in [7, 11) is 0. The number of nitrogens with one attached hydrogen (secondary N) is 1. The Balaban J connectivity index is 1.93. The molecule has 2 N–H and O–H groups in total. The maximum Gasteiger partial charge on any atom is 0.356 e. The topological polar surface area (TPSA) is 88.0 Å². The van der Waals surface area contributed by atoms with Crippen molar-refractivity contribution in [3.05, 3.63) is 47.3 Å². The zero-order valence-corrected chi connectivity index (χ0v) is 15.5. The van der Waals surface area contributed by atoms with Crippen molar-refractivity contribution in [1.82, 2.24) is 15.0 Å². The van der Waals surface area contributed by atoms with E-state index >= 15 is 0 Å². The van der Waals surface area contributed by atoms with E-state index in [0.29, 0.717) is 20.9 Å². The average molecular weight is 372 g/mol. The molecular weight excluding hydrogens is 356 g/mol. The number of carboxylic acids is 1. The van der Waals surface area contributed by atoms with Crippen molar-refractivity contribution < 1.29 is 9.90 Å². The van der Waals surface area contributed by atoms with Gasteiger partial charge in [0.25, 0.3) is 0 Å². The first-order chi connectivity index (χ1) is 12.0. The van der Waals surface area contributed by atoms with Crippen LogP contribution in [0, 0.1) is 13.8 Å². The highest BCUT2D eigenvalue weighted by Crippen LogP contribution is 2.33. The number of aryl methyl sites for hydroxylation is 2. The molecule has 3 rings (SSSR count). The van der Waals surface area contributed by atoms with Crippen LogP contribution in [0.5, 0.6) is 0 Å². The molecule has 25 heavy (non-hydrogen) atoms. The first kappa shape index (κ1) is 17.4. The third-order valence-corrected chi connectivity index (χ3v) is 5.52. The van der Waals surface area contributed by atoms with Gasteiger partial charge in [-0.3, -0.25) is 0 Å². The molecule has 0 saturated carbocycles. The van der Waals surface area contributed by atoms with Gasteiger partial charge in [-0.15, -0.1) is 23.1 Å². The normalized spacial score (nSPS) is 10.7. The van der Waals surface area contributed by atoms with E-state index in [1.54, 1.807) is 12.3 Å². The number of hydrogen-bond donors (Lipinski definition) is 2. The number of hydrogen-bond acceptors (Lipinski definition) is 7.